The highest BCUT2D eigenvalue weighted by atomic mass is 32.1. The predicted octanol–water partition coefficient (Wildman–Crippen LogP) is 3.11. The normalized spacial score (nSPS) is 13.9. The number of ether oxygens (including phenoxy) is 1. The lowest BCUT2D eigenvalue weighted by Gasteiger charge is -2.13. The first-order valence-electron chi connectivity index (χ1n) is 9.42. The van der Waals surface area contributed by atoms with Crippen molar-refractivity contribution in [3.05, 3.63) is 66.7 Å². The van der Waals surface area contributed by atoms with Crippen molar-refractivity contribution in [1.29, 1.82) is 0 Å². The van der Waals surface area contributed by atoms with Gasteiger partial charge in [-0.25, -0.2) is 4.79 Å². The lowest BCUT2D eigenvalue weighted by Crippen LogP contribution is -2.41. The van der Waals surface area contributed by atoms with E-state index >= 15 is 0 Å². The highest BCUT2D eigenvalue weighted by molar-refractivity contribution is 7.18. The lowest BCUT2D eigenvalue weighted by atomic mass is 9.97. The molecule has 0 radical (unpaired) electrons. The molecule has 6 heteroatoms. The van der Waals surface area contributed by atoms with Gasteiger partial charge in [-0.3, -0.25) is 13.9 Å². The van der Waals surface area contributed by atoms with Crippen LogP contribution in [0.25, 0.3) is 10.2 Å². The Bertz CT molecular complexity index is 1090. The van der Waals surface area contributed by atoms with Crippen LogP contribution >= 0.6 is 11.3 Å². The number of rotatable bonds is 5. The van der Waals surface area contributed by atoms with Crippen molar-refractivity contribution in [1.82, 2.24) is 9.13 Å². The van der Waals surface area contributed by atoms with Crippen LogP contribution in [0, 0.1) is 6.92 Å². The maximum absolute atomic E-state index is 13.2. The second-order valence-corrected chi connectivity index (χ2v) is 8.28. The fraction of sp³-hybridized carbons (Fsp3) is 0.429. The largest absolute Gasteiger partial charge is 0.383 e. The number of nitrogens with zero attached hydrogens (tertiary/aromatic N) is 2. The molecule has 2 aromatic heterocycles. The predicted molar refractivity (Wildman–Crippen MR) is 109 cm³/mol. The van der Waals surface area contributed by atoms with Crippen LogP contribution in [0.3, 0.4) is 0 Å². The summed E-state index contributed by atoms with van der Waals surface area (Å²) in [7, 11) is 1.58. The molecule has 0 fully saturated rings. The Morgan fingerprint density at radius 2 is 1.81 bits per heavy atom. The third-order valence-electron chi connectivity index (χ3n) is 5.30. The second-order valence-electron chi connectivity index (χ2n) is 7.19. The molecule has 1 aliphatic rings. The molecule has 0 amide bonds. The number of fused-ring (bicyclic) bond motifs is 3. The summed E-state index contributed by atoms with van der Waals surface area (Å²) in [6.07, 6.45) is 4.19. The van der Waals surface area contributed by atoms with Gasteiger partial charge in [0.1, 0.15) is 4.83 Å². The zero-order valence-corrected chi connectivity index (χ0v) is 16.6. The van der Waals surface area contributed by atoms with Crippen LogP contribution in [-0.4, -0.2) is 22.9 Å². The van der Waals surface area contributed by atoms with E-state index in [2.05, 4.69) is 12.1 Å². The van der Waals surface area contributed by atoms with Gasteiger partial charge in [-0.1, -0.05) is 29.8 Å². The summed E-state index contributed by atoms with van der Waals surface area (Å²) in [6.45, 7) is 3.15. The first kappa shape index (κ1) is 18.2. The van der Waals surface area contributed by atoms with Gasteiger partial charge in [0.05, 0.1) is 25.1 Å². The zero-order valence-electron chi connectivity index (χ0n) is 15.8. The van der Waals surface area contributed by atoms with Gasteiger partial charge in [-0.05, 0) is 43.7 Å². The van der Waals surface area contributed by atoms with Gasteiger partial charge >= 0.3 is 5.69 Å². The molecule has 0 atom stereocenters. The summed E-state index contributed by atoms with van der Waals surface area (Å²) in [6, 6.07) is 8.20. The molecular weight excluding hydrogens is 360 g/mol. The molecule has 3 aromatic rings. The van der Waals surface area contributed by atoms with Crippen molar-refractivity contribution >= 4 is 21.6 Å². The number of hydrogen-bond acceptors (Lipinski definition) is 4. The average molecular weight is 385 g/mol. The molecule has 5 nitrogen and oxygen atoms in total. The summed E-state index contributed by atoms with van der Waals surface area (Å²) in [5, 5.41) is 0.748. The summed E-state index contributed by atoms with van der Waals surface area (Å²) >= 11 is 1.63. The molecule has 2 heterocycles. The number of thiophene rings is 1. The van der Waals surface area contributed by atoms with Crippen LogP contribution in [0.4, 0.5) is 0 Å². The minimum Gasteiger partial charge on any atom is -0.383 e. The molecule has 0 aliphatic heterocycles. The lowest BCUT2D eigenvalue weighted by molar-refractivity contribution is 0.184. The molecule has 1 aliphatic carbocycles. The van der Waals surface area contributed by atoms with Crippen molar-refractivity contribution in [2.75, 3.05) is 13.7 Å². The van der Waals surface area contributed by atoms with Crippen molar-refractivity contribution in [3.63, 3.8) is 0 Å². The molecule has 0 bridgehead atoms. The van der Waals surface area contributed by atoms with Crippen LogP contribution in [0.1, 0.15) is 34.4 Å². The molecule has 0 spiro atoms. The van der Waals surface area contributed by atoms with Gasteiger partial charge in [-0.2, -0.15) is 0 Å². The monoisotopic (exact) mass is 384 g/mol. The first-order valence-corrected chi connectivity index (χ1v) is 10.2. The first-order chi connectivity index (χ1) is 13.1. The Kier molecular flexibility index (Phi) is 5.02. The topological polar surface area (TPSA) is 53.2 Å². The van der Waals surface area contributed by atoms with E-state index in [0.29, 0.717) is 13.2 Å². The highest BCUT2D eigenvalue weighted by Gasteiger charge is 2.23. The SMILES string of the molecule is COCCn1c(=O)c2c3c(sc2n(Cc2ccc(C)cc2)c1=O)CCCC3. The third kappa shape index (κ3) is 3.28. The number of aromatic nitrogens is 2. The Balaban J connectivity index is 1.95. The Hall–Kier alpha value is -2.18. The van der Waals surface area contributed by atoms with Gasteiger partial charge < -0.3 is 4.74 Å². The van der Waals surface area contributed by atoms with Crippen LogP contribution < -0.4 is 11.2 Å². The van der Waals surface area contributed by atoms with Gasteiger partial charge in [-0.15, -0.1) is 11.3 Å². The summed E-state index contributed by atoms with van der Waals surface area (Å²) < 4.78 is 8.25. The molecule has 0 N–H and O–H groups in total. The van der Waals surface area contributed by atoms with Crippen molar-refractivity contribution in [2.24, 2.45) is 0 Å². The average Bonchev–Trinajstić information content (AvgIpc) is 3.06. The second kappa shape index (κ2) is 7.44. The van der Waals surface area contributed by atoms with Crippen LogP contribution in [0.15, 0.2) is 33.9 Å². The minimum absolute atomic E-state index is 0.161. The summed E-state index contributed by atoms with van der Waals surface area (Å²) in [4.78, 5) is 28.4. The number of methoxy groups -OCH3 is 1. The Morgan fingerprint density at radius 3 is 2.56 bits per heavy atom. The van der Waals surface area contributed by atoms with Crippen LogP contribution in [0.5, 0.6) is 0 Å². The van der Waals surface area contributed by atoms with E-state index in [4.69, 9.17) is 4.74 Å². The fourth-order valence-electron chi connectivity index (χ4n) is 3.81. The molecule has 4 rings (SSSR count). The minimum atomic E-state index is -0.247. The van der Waals surface area contributed by atoms with E-state index in [1.165, 1.54) is 15.0 Å². The molecule has 142 valence electrons. The van der Waals surface area contributed by atoms with Crippen LogP contribution in [-0.2, 0) is 30.7 Å². The van der Waals surface area contributed by atoms with E-state index in [1.807, 2.05) is 19.1 Å². The molecule has 1 aromatic carbocycles. The molecule has 0 saturated heterocycles. The van der Waals surface area contributed by atoms with Gasteiger partial charge in [0.15, 0.2) is 0 Å². The standard InChI is InChI=1S/C21H24N2O3S/c1-14-7-9-15(10-8-14)13-23-20-18(16-5-3-4-6-17(16)27-20)19(24)22(21(23)25)11-12-26-2/h7-10H,3-6,11-13H2,1-2H3. The highest BCUT2D eigenvalue weighted by Crippen LogP contribution is 2.34. The molecular formula is C21H24N2O3S. The van der Waals surface area contributed by atoms with E-state index in [9.17, 15) is 9.59 Å². The third-order valence-corrected chi connectivity index (χ3v) is 6.61. The Morgan fingerprint density at radius 1 is 1.07 bits per heavy atom. The van der Waals surface area contributed by atoms with E-state index < -0.39 is 0 Å². The van der Waals surface area contributed by atoms with Crippen molar-refractivity contribution < 1.29 is 4.74 Å². The number of aryl methyl sites for hydroxylation is 3. The smallest absolute Gasteiger partial charge is 0.332 e. The molecule has 0 saturated carbocycles. The fourth-order valence-corrected chi connectivity index (χ4v) is 5.18. The van der Waals surface area contributed by atoms with E-state index in [0.717, 1.165) is 47.0 Å². The molecule has 27 heavy (non-hydrogen) atoms. The van der Waals surface area contributed by atoms with E-state index in [-0.39, 0.29) is 17.8 Å². The van der Waals surface area contributed by atoms with Gasteiger partial charge in [0.25, 0.3) is 5.56 Å². The number of hydrogen-bond donors (Lipinski definition) is 0. The summed E-state index contributed by atoms with van der Waals surface area (Å²) in [5.74, 6) is 0. The number of benzene rings is 1. The quantitative estimate of drug-likeness (QED) is 0.679. The van der Waals surface area contributed by atoms with Crippen molar-refractivity contribution in [2.45, 2.75) is 45.7 Å². The van der Waals surface area contributed by atoms with E-state index in [1.54, 1.807) is 23.0 Å². The van der Waals surface area contributed by atoms with Gasteiger partial charge in [0.2, 0.25) is 0 Å². The maximum Gasteiger partial charge on any atom is 0.332 e. The van der Waals surface area contributed by atoms with Crippen molar-refractivity contribution in [3.8, 4) is 0 Å². The molecule has 0 unspecified atom stereocenters. The van der Waals surface area contributed by atoms with Crippen LogP contribution in [0.2, 0.25) is 0 Å². The zero-order chi connectivity index (χ0) is 19.0. The summed E-state index contributed by atoms with van der Waals surface area (Å²) in [5.41, 5.74) is 3.01. The maximum atomic E-state index is 13.2. The Labute approximate surface area is 161 Å². The van der Waals surface area contributed by atoms with Gasteiger partial charge in [0, 0.05) is 12.0 Å².